The van der Waals surface area contributed by atoms with Crippen LogP contribution in [0.15, 0.2) is 48.5 Å². The fourth-order valence-corrected chi connectivity index (χ4v) is 2.52. The number of rotatable bonds is 4. The average Bonchev–Trinajstić information content (AvgIpc) is 3.00. The summed E-state index contributed by atoms with van der Waals surface area (Å²) >= 11 is 0. The Morgan fingerprint density at radius 1 is 1.24 bits per heavy atom. The van der Waals surface area contributed by atoms with Crippen LogP contribution in [0.5, 0.6) is 0 Å². The van der Waals surface area contributed by atoms with E-state index in [-0.39, 0.29) is 18.7 Å². The third kappa shape index (κ3) is 3.53. The van der Waals surface area contributed by atoms with Gasteiger partial charge in [0.05, 0.1) is 11.2 Å². The number of nitrogens with two attached hydrogens (primary N) is 1. The first-order valence-corrected chi connectivity index (χ1v) is 7.78. The summed E-state index contributed by atoms with van der Waals surface area (Å²) in [5.74, 6) is 4.97. The molecule has 0 aliphatic heterocycles. The van der Waals surface area contributed by atoms with Crippen molar-refractivity contribution < 1.29 is 15.0 Å². The van der Waals surface area contributed by atoms with Crippen molar-refractivity contribution in [3.05, 3.63) is 59.8 Å². The minimum atomic E-state index is -0.874. The molecule has 4 N–H and O–H groups in total. The van der Waals surface area contributed by atoms with Crippen LogP contribution >= 0.6 is 0 Å². The number of fused-ring (bicyclic) bond motifs is 1. The molecule has 0 aliphatic rings. The lowest BCUT2D eigenvalue weighted by Gasteiger charge is -2.04. The number of hydrogen-bond acceptors (Lipinski definition) is 4. The monoisotopic (exact) mass is 335 g/mol. The van der Waals surface area contributed by atoms with Crippen molar-refractivity contribution in [2.45, 2.75) is 12.5 Å². The van der Waals surface area contributed by atoms with Crippen LogP contribution in [0.25, 0.3) is 16.6 Å². The molecule has 0 aliphatic carbocycles. The molecule has 0 saturated carbocycles. The van der Waals surface area contributed by atoms with E-state index in [9.17, 15) is 9.90 Å². The maximum atomic E-state index is 11.6. The largest absolute Gasteiger partial charge is 0.396 e. The second kappa shape index (κ2) is 7.18. The quantitative estimate of drug-likeness (QED) is 0.624. The molecule has 1 heterocycles. The summed E-state index contributed by atoms with van der Waals surface area (Å²) < 4.78 is 1.64. The highest BCUT2D eigenvalue weighted by molar-refractivity contribution is 6.04. The Kier molecular flexibility index (Phi) is 4.80. The van der Waals surface area contributed by atoms with Crippen LogP contribution in [0.1, 0.15) is 22.5 Å². The van der Waals surface area contributed by atoms with Gasteiger partial charge in [-0.05, 0) is 24.3 Å². The lowest BCUT2D eigenvalue weighted by atomic mass is 10.1. The predicted molar refractivity (Wildman–Crippen MR) is 94.2 cm³/mol. The summed E-state index contributed by atoms with van der Waals surface area (Å²) in [5.41, 5.74) is 7.82. The van der Waals surface area contributed by atoms with E-state index >= 15 is 0 Å². The minimum Gasteiger partial charge on any atom is -0.396 e. The first-order valence-electron chi connectivity index (χ1n) is 7.78. The van der Waals surface area contributed by atoms with E-state index in [1.165, 1.54) is 0 Å². The number of aliphatic hydroxyl groups is 2. The van der Waals surface area contributed by atoms with Crippen molar-refractivity contribution >= 4 is 16.8 Å². The van der Waals surface area contributed by atoms with E-state index in [1.54, 1.807) is 10.7 Å². The number of aromatic nitrogens is 2. The molecule has 1 amide bonds. The summed E-state index contributed by atoms with van der Waals surface area (Å²) in [6.07, 6.45) is -0.668. The highest BCUT2D eigenvalue weighted by Crippen LogP contribution is 2.22. The lowest BCUT2D eigenvalue weighted by molar-refractivity contribution is 0.0996. The lowest BCUT2D eigenvalue weighted by Crippen LogP contribution is -2.12. The Balaban J connectivity index is 2.05. The number of amides is 1. The van der Waals surface area contributed by atoms with E-state index in [2.05, 4.69) is 16.9 Å². The fourth-order valence-electron chi connectivity index (χ4n) is 2.52. The van der Waals surface area contributed by atoms with Crippen molar-refractivity contribution in [2.75, 3.05) is 6.61 Å². The highest BCUT2D eigenvalue weighted by Gasteiger charge is 2.15. The van der Waals surface area contributed by atoms with Gasteiger partial charge in [-0.3, -0.25) is 4.79 Å². The zero-order chi connectivity index (χ0) is 17.8. The number of carbonyl (C=O) groups excluding carboxylic acids is 1. The van der Waals surface area contributed by atoms with Gasteiger partial charge in [-0.1, -0.05) is 36.1 Å². The number of para-hydroxylation sites is 1. The van der Waals surface area contributed by atoms with Gasteiger partial charge >= 0.3 is 0 Å². The molecule has 0 saturated heterocycles. The molecule has 25 heavy (non-hydrogen) atoms. The normalized spacial score (nSPS) is 11.8. The Hall–Kier alpha value is -3.14. The van der Waals surface area contributed by atoms with Gasteiger partial charge in [-0.2, -0.15) is 5.10 Å². The van der Waals surface area contributed by atoms with Gasteiger partial charge in [0.2, 0.25) is 0 Å². The predicted octanol–water partition coefficient (Wildman–Crippen LogP) is 1.22. The minimum absolute atomic E-state index is 0.120. The van der Waals surface area contributed by atoms with Crippen LogP contribution in [-0.4, -0.2) is 38.6 Å². The number of nitrogens with zero attached hydrogens (tertiary/aromatic N) is 2. The van der Waals surface area contributed by atoms with Gasteiger partial charge < -0.3 is 15.9 Å². The molecule has 0 fully saturated rings. The van der Waals surface area contributed by atoms with Gasteiger partial charge in [0, 0.05) is 24.0 Å². The Bertz CT molecular complexity index is 982. The van der Waals surface area contributed by atoms with E-state index in [4.69, 9.17) is 10.8 Å². The molecule has 3 rings (SSSR count). The van der Waals surface area contributed by atoms with Crippen LogP contribution in [0, 0.1) is 11.8 Å². The molecule has 2 aromatic carbocycles. The van der Waals surface area contributed by atoms with Gasteiger partial charge in [0.25, 0.3) is 5.91 Å². The summed E-state index contributed by atoms with van der Waals surface area (Å²) in [7, 11) is 0. The van der Waals surface area contributed by atoms with Crippen LogP contribution in [0.2, 0.25) is 0 Å². The van der Waals surface area contributed by atoms with E-state index < -0.39 is 12.0 Å². The molecular formula is C19H17N3O3. The molecule has 0 unspecified atom stereocenters. The van der Waals surface area contributed by atoms with Crippen molar-refractivity contribution in [2.24, 2.45) is 5.73 Å². The van der Waals surface area contributed by atoms with Gasteiger partial charge in [-0.25, -0.2) is 4.68 Å². The van der Waals surface area contributed by atoms with Crippen LogP contribution < -0.4 is 5.73 Å². The van der Waals surface area contributed by atoms with E-state index in [0.717, 1.165) is 11.2 Å². The van der Waals surface area contributed by atoms with Crippen LogP contribution in [0.3, 0.4) is 0 Å². The number of aliphatic hydroxyl groups excluding tert-OH is 2. The Labute approximate surface area is 144 Å². The summed E-state index contributed by atoms with van der Waals surface area (Å²) in [6.45, 7) is -0.120. The molecule has 126 valence electrons. The summed E-state index contributed by atoms with van der Waals surface area (Å²) in [4.78, 5) is 11.6. The SMILES string of the molecule is NC(=O)c1nn(-c2cccc(C#C[C@H](O)CCO)c2)c2ccccc12. The third-order valence-electron chi connectivity index (χ3n) is 3.70. The van der Waals surface area contributed by atoms with Crippen LogP contribution in [0.4, 0.5) is 0 Å². The molecule has 0 bridgehead atoms. The van der Waals surface area contributed by atoms with Crippen molar-refractivity contribution in [1.82, 2.24) is 9.78 Å². The number of benzene rings is 2. The number of primary amides is 1. The zero-order valence-electron chi connectivity index (χ0n) is 13.4. The van der Waals surface area contributed by atoms with Crippen LogP contribution in [-0.2, 0) is 0 Å². The fraction of sp³-hybridized carbons (Fsp3) is 0.158. The molecular weight excluding hydrogens is 318 g/mol. The highest BCUT2D eigenvalue weighted by atomic mass is 16.3. The van der Waals surface area contributed by atoms with Crippen molar-refractivity contribution in [1.29, 1.82) is 0 Å². The molecule has 1 atom stereocenters. The first-order chi connectivity index (χ1) is 12.1. The van der Waals surface area contributed by atoms with E-state index in [1.807, 2.05) is 42.5 Å². The summed E-state index contributed by atoms with van der Waals surface area (Å²) in [6, 6.07) is 14.6. The molecule has 0 spiro atoms. The Morgan fingerprint density at radius 3 is 2.80 bits per heavy atom. The number of carbonyl (C=O) groups is 1. The third-order valence-corrected chi connectivity index (χ3v) is 3.70. The molecule has 1 aromatic heterocycles. The van der Waals surface area contributed by atoms with Gasteiger partial charge in [0.1, 0.15) is 6.10 Å². The number of hydrogen-bond donors (Lipinski definition) is 3. The Morgan fingerprint density at radius 2 is 2.04 bits per heavy atom. The molecule has 6 heteroatoms. The molecule has 6 nitrogen and oxygen atoms in total. The average molecular weight is 335 g/mol. The maximum Gasteiger partial charge on any atom is 0.269 e. The second-order valence-electron chi connectivity index (χ2n) is 5.49. The van der Waals surface area contributed by atoms with Crippen molar-refractivity contribution in [3.8, 4) is 17.5 Å². The molecule has 0 radical (unpaired) electrons. The van der Waals surface area contributed by atoms with Crippen molar-refractivity contribution in [3.63, 3.8) is 0 Å². The molecule has 3 aromatic rings. The second-order valence-corrected chi connectivity index (χ2v) is 5.49. The summed E-state index contributed by atoms with van der Waals surface area (Å²) in [5, 5.41) is 23.4. The van der Waals surface area contributed by atoms with Gasteiger partial charge in [0.15, 0.2) is 5.69 Å². The maximum absolute atomic E-state index is 11.6. The zero-order valence-corrected chi connectivity index (χ0v) is 13.4. The van der Waals surface area contributed by atoms with Gasteiger partial charge in [-0.15, -0.1) is 0 Å². The topological polar surface area (TPSA) is 101 Å². The van der Waals surface area contributed by atoms with E-state index in [0.29, 0.717) is 10.9 Å². The first kappa shape index (κ1) is 16.7. The smallest absolute Gasteiger partial charge is 0.269 e. The standard InChI is InChI=1S/C19H17N3O3/c20-19(25)18-16-6-1-2-7-17(16)22(21-18)14-5-3-4-13(12-14)8-9-15(24)10-11-23/h1-7,12,15,23-24H,10-11H2,(H2,20,25)/t15-/m0/s1.